The Morgan fingerprint density at radius 1 is 1.14 bits per heavy atom. The normalized spacial score (nSPS) is 15.7. The number of aromatic nitrogens is 4. The van der Waals surface area contributed by atoms with E-state index in [1.807, 2.05) is 60.4 Å². The monoisotopic (exact) mass is 466 g/mol. The van der Waals surface area contributed by atoms with Crippen LogP contribution in [0.2, 0.25) is 0 Å². The van der Waals surface area contributed by atoms with Gasteiger partial charge in [0.1, 0.15) is 0 Å². The van der Waals surface area contributed by atoms with Gasteiger partial charge in [-0.2, -0.15) is 9.78 Å². The van der Waals surface area contributed by atoms with Gasteiger partial charge in [-0.25, -0.2) is 9.97 Å². The molecule has 8 heteroatoms. The van der Waals surface area contributed by atoms with E-state index in [1.54, 1.807) is 10.9 Å². The number of fused-ring (bicyclic) bond motifs is 1. The number of anilines is 1. The zero-order chi connectivity index (χ0) is 23.9. The number of nitrogens with zero attached hydrogens (tertiary/aromatic N) is 5. The van der Waals surface area contributed by atoms with E-state index in [0.717, 1.165) is 48.1 Å². The number of nitrogens with one attached hydrogen (secondary N) is 1. The Morgan fingerprint density at radius 2 is 2.03 bits per heavy atom. The Balaban J connectivity index is 1.35. The van der Waals surface area contributed by atoms with Gasteiger partial charge >= 0.3 is 0 Å². The van der Waals surface area contributed by atoms with Crippen molar-refractivity contribution in [1.29, 1.82) is 0 Å². The molecule has 2 aliphatic rings. The first kappa shape index (κ1) is 21.5. The first-order valence-corrected chi connectivity index (χ1v) is 12.1. The fourth-order valence-corrected chi connectivity index (χ4v) is 4.75. The average Bonchev–Trinajstić information content (AvgIpc) is 3.57. The third-order valence-electron chi connectivity index (χ3n) is 6.67. The molecule has 0 radical (unpaired) electrons. The minimum Gasteiger partial charge on any atom is -0.338 e. The second-order valence-electron chi connectivity index (χ2n) is 9.33. The molecule has 8 nitrogen and oxygen atoms in total. The lowest BCUT2D eigenvalue weighted by molar-refractivity contribution is -0.128. The predicted molar refractivity (Wildman–Crippen MR) is 132 cm³/mol. The zero-order valence-electron chi connectivity index (χ0n) is 19.6. The number of amides is 2. The topological polar surface area (TPSA) is 93.0 Å². The van der Waals surface area contributed by atoms with Crippen molar-refractivity contribution in [1.82, 2.24) is 24.6 Å². The van der Waals surface area contributed by atoms with E-state index in [9.17, 15) is 9.59 Å². The van der Waals surface area contributed by atoms with Gasteiger partial charge in [0, 0.05) is 43.0 Å². The van der Waals surface area contributed by atoms with E-state index in [4.69, 9.17) is 4.98 Å². The highest BCUT2D eigenvalue weighted by molar-refractivity contribution is 6.12. The van der Waals surface area contributed by atoms with Crippen molar-refractivity contribution in [3.05, 3.63) is 77.2 Å². The molecule has 35 heavy (non-hydrogen) atoms. The van der Waals surface area contributed by atoms with Gasteiger partial charge in [0.2, 0.25) is 5.91 Å². The summed E-state index contributed by atoms with van der Waals surface area (Å²) >= 11 is 0. The molecular formula is C27H26N6O2. The van der Waals surface area contributed by atoms with Gasteiger partial charge in [-0.15, -0.1) is 0 Å². The summed E-state index contributed by atoms with van der Waals surface area (Å²) in [6, 6.07) is 15.3. The molecule has 1 N–H and O–H groups in total. The maximum absolute atomic E-state index is 13.6. The summed E-state index contributed by atoms with van der Waals surface area (Å²) in [7, 11) is 0. The van der Waals surface area contributed by atoms with Crippen molar-refractivity contribution in [2.75, 3.05) is 11.9 Å². The molecule has 4 aromatic rings. The van der Waals surface area contributed by atoms with Gasteiger partial charge in [-0.05, 0) is 62.1 Å². The van der Waals surface area contributed by atoms with Crippen molar-refractivity contribution < 1.29 is 9.59 Å². The van der Waals surface area contributed by atoms with Crippen molar-refractivity contribution in [3.8, 4) is 5.82 Å². The number of carbonyl (C=O) groups excluding carboxylic acids is 2. The highest BCUT2D eigenvalue weighted by Gasteiger charge is 2.29. The minimum atomic E-state index is -0.197. The number of likely N-dealkylation sites (tertiary alicyclic amines) is 1. The lowest BCUT2D eigenvalue weighted by atomic mass is 10.1. The molecule has 0 atom stereocenters. The molecule has 1 saturated heterocycles. The van der Waals surface area contributed by atoms with Gasteiger partial charge in [-0.1, -0.05) is 18.2 Å². The number of hydrogen-bond donors (Lipinski definition) is 1. The van der Waals surface area contributed by atoms with Gasteiger partial charge in [0.25, 0.3) is 5.91 Å². The highest BCUT2D eigenvalue weighted by Crippen LogP contribution is 2.40. The highest BCUT2D eigenvalue weighted by atomic mass is 16.2. The first-order valence-electron chi connectivity index (χ1n) is 12.1. The second kappa shape index (κ2) is 8.61. The van der Waals surface area contributed by atoms with E-state index in [-0.39, 0.29) is 11.8 Å². The second-order valence-corrected chi connectivity index (χ2v) is 9.33. The maximum atomic E-state index is 13.6. The molecule has 1 aliphatic carbocycles. The Hall–Kier alpha value is -4.07. The molecule has 0 bridgehead atoms. The summed E-state index contributed by atoms with van der Waals surface area (Å²) in [5.74, 6) is 1.03. The van der Waals surface area contributed by atoms with Crippen molar-refractivity contribution in [3.63, 3.8) is 0 Å². The lowest BCUT2D eigenvalue weighted by Gasteiger charge is -2.16. The Bertz CT molecular complexity index is 1440. The fourth-order valence-electron chi connectivity index (χ4n) is 4.75. The summed E-state index contributed by atoms with van der Waals surface area (Å²) < 4.78 is 1.72. The molecule has 0 spiro atoms. The van der Waals surface area contributed by atoms with Gasteiger partial charge in [-0.3, -0.25) is 9.59 Å². The van der Waals surface area contributed by atoms with E-state index in [2.05, 4.69) is 15.4 Å². The summed E-state index contributed by atoms with van der Waals surface area (Å²) in [6.07, 6.45) is 5.39. The van der Waals surface area contributed by atoms with Crippen LogP contribution in [0.1, 0.15) is 58.9 Å². The summed E-state index contributed by atoms with van der Waals surface area (Å²) in [6.45, 7) is 3.24. The zero-order valence-corrected chi connectivity index (χ0v) is 19.6. The number of carbonyl (C=O) groups is 2. The van der Waals surface area contributed by atoms with Gasteiger partial charge in [0.05, 0.1) is 16.6 Å². The summed E-state index contributed by atoms with van der Waals surface area (Å²) in [5.41, 5.74) is 4.56. The molecule has 6 rings (SSSR count). The molecule has 1 aliphatic heterocycles. The fraction of sp³-hybridized carbons (Fsp3) is 0.296. The number of hydrogen-bond acceptors (Lipinski definition) is 5. The summed E-state index contributed by atoms with van der Waals surface area (Å²) in [4.78, 5) is 36.8. The van der Waals surface area contributed by atoms with Crippen molar-refractivity contribution in [2.24, 2.45) is 0 Å². The average molecular weight is 467 g/mol. The standard InChI is InChI=1S/C27H26N6O2/c1-17-25-21(27(35)29-20-7-4-6-18(14-20)16-32-13-5-9-24(32)34)15-22(19-10-11-19)30-26(25)33(31-17)23-8-2-3-12-28-23/h2-4,6-8,12,14-15,19H,5,9-11,13,16H2,1H3,(H,29,35). The molecule has 1 saturated carbocycles. The Labute approximate surface area is 203 Å². The van der Waals surface area contributed by atoms with Crippen LogP contribution < -0.4 is 5.32 Å². The van der Waals surface area contributed by atoms with Crippen LogP contribution in [0, 0.1) is 6.92 Å². The van der Waals surface area contributed by atoms with Crippen LogP contribution in [0.15, 0.2) is 54.7 Å². The Morgan fingerprint density at radius 3 is 2.77 bits per heavy atom. The number of benzene rings is 1. The van der Waals surface area contributed by atoms with Crippen LogP contribution in [-0.2, 0) is 11.3 Å². The van der Waals surface area contributed by atoms with E-state index >= 15 is 0 Å². The molecule has 4 heterocycles. The number of rotatable bonds is 6. The van der Waals surface area contributed by atoms with E-state index < -0.39 is 0 Å². The van der Waals surface area contributed by atoms with Crippen LogP contribution in [0.5, 0.6) is 0 Å². The molecular weight excluding hydrogens is 440 g/mol. The van der Waals surface area contributed by atoms with Crippen molar-refractivity contribution >= 4 is 28.5 Å². The van der Waals surface area contributed by atoms with Crippen LogP contribution in [0.25, 0.3) is 16.9 Å². The molecule has 176 valence electrons. The molecule has 1 aromatic carbocycles. The smallest absolute Gasteiger partial charge is 0.256 e. The van der Waals surface area contributed by atoms with Crippen LogP contribution >= 0.6 is 0 Å². The van der Waals surface area contributed by atoms with Crippen LogP contribution in [-0.4, -0.2) is 43.0 Å². The predicted octanol–water partition coefficient (Wildman–Crippen LogP) is 4.38. The van der Waals surface area contributed by atoms with Crippen LogP contribution in [0.4, 0.5) is 5.69 Å². The quantitative estimate of drug-likeness (QED) is 0.455. The molecule has 3 aromatic heterocycles. The molecule has 0 unspecified atom stereocenters. The maximum Gasteiger partial charge on any atom is 0.256 e. The molecule has 2 amide bonds. The van der Waals surface area contributed by atoms with E-state index in [0.29, 0.717) is 41.6 Å². The van der Waals surface area contributed by atoms with E-state index in [1.165, 1.54) is 0 Å². The van der Waals surface area contributed by atoms with Gasteiger partial charge < -0.3 is 10.2 Å². The number of aryl methyl sites for hydroxylation is 1. The van der Waals surface area contributed by atoms with Gasteiger partial charge in [0.15, 0.2) is 11.5 Å². The SMILES string of the molecule is Cc1nn(-c2ccccn2)c2nc(C3CC3)cc(C(=O)Nc3cccc(CN4CCCC4=O)c3)c12. The third kappa shape index (κ3) is 4.16. The largest absolute Gasteiger partial charge is 0.338 e. The lowest BCUT2D eigenvalue weighted by Crippen LogP contribution is -2.23. The minimum absolute atomic E-state index is 0.187. The number of pyridine rings is 2. The van der Waals surface area contributed by atoms with Crippen molar-refractivity contribution in [2.45, 2.75) is 45.1 Å². The van der Waals surface area contributed by atoms with Crippen LogP contribution in [0.3, 0.4) is 0 Å². The first-order chi connectivity index (χ1) is 17.1. The molecule has 2 fully saturated rings. The Kier molecular flexibility index (Phi) is 5.28. The summed E-state index contributed by atoms with van der Waals surface area (Å²) in [5, 5.41) is 8.48. The third-order valence-corrected chi connectivity index (χ3v) is 6.67.